The predicted octanol–water partition coefficient (Wildman–Crippen LogP) is 22.5. The summed E-state index contributed by atoms with van der Waals surface area (Å²) in [5.74, 6) is -0.0523. The Morgan fingerprint density at radius 1 is 0.359 bits per heavy atom. The number of hydrogen-bond acceptors (Lipinski definition) is 5. The smallest absolute Gasteiger partial charge is 0.305 e. The highest BCUT2D eigenvalue weighted by Gasteiger charge is 2.18. The molecule has 0 spiro atoms. The lowest BCUT2D eigenvalue weighted by atomic mass is 10.0. The van der Waals surface area contributed by atoms with Crippen molar-refractivity contribution in [2.75, 3.05) is 13.2 Å². The van der Waals surface area contributed by atoms with Gasteiger partial charge in [0.25, 0.3) is 0 Å². The Balaban J connectivity index is 3.34. The number of nitrogens with one attached hydrogen (secondary N) is 1. The maximum atomic E-state index is 12.4. The number of ether oxygens (including phenoxy) is 1. The number of amides is 1. The van der Waals surface area contributed by atoms with Crippen LogP contribution in [0.1, 0.15) is 373 Å². The highest BCUT2D eigenvalue weighted by atomic mass is 16.5. The van der Waals surface area contributed by atoms with E-state index < -0.39 is 12.1 Å². The zero-order valence-electron chi connectivity index (χ0n) is 52.4. The SMILES string of the molecule is CCCCC/C=C\C/C=C\CCCCCCCCCCCC(=O)OCCCCCCCCCCCCCC/C=C\CCCCCCCCCCCCCCCCCCC(=O)NC(CO)C(O)/C=C/CCCCCCCCCC. The van der Waals surface area contributed by atoms with Gasteiger partial charge in [-0.25, -0.2) is 0 Å². The van der Waals surface area contributed by atoms with Crippen LogP contribution >= 0.6 is 0 Å². The van der Waals surface area contributed by atoms with Crippen molar-refractivity contribution < 1.29 is 24.5 Å². The molecule has 0 aromatic rings. The molecule has 0 rings (SSSR count). The summed E-state index contributed by atoms with van der Waals surface area (Å²) in [5, 5.41) is 23.0. The highest BCUT2D eigenvalue weighted by molar-refractivity contribution is 5.76. The molecule has 6 nitrogen and oxygen atoms in total. The number of rotatable bonds is 65. The Morgan fingerprint density at radius 2 is 0.641 bits per heavy atom. The summed E-state index contributed by atoms with van der Waals surface area (Å²) < 4.78 is 5.51. The molecule has 6 heteroatoms. The van der Waals surface area contributed by atoms with Crippen molar-refractivity contribution in [3.8, 4) is 0 Å². The van der Waals surface area contributed by atoms with Gasteiger partial charge in [-0.2, -0.15) is 0 Å². The molecule has 0 aliphatic carbocycles. The third kappa shape index (κ3) is 63.0. The van der Waals surface area contributed by atoms with Crippen molar-refractivity contribution in [3.05, 3.63) is 48.6 Å². The van der Waals surface area contributed by atoms with Gasteiger partial charge in [0, 0.05) is 12.8 Å². The van der Waals surface area contributed by atoms with Gasteiger partial charge in [-0.05, 0) is 89.9 Å². The van der Waals surface area contributed by atoms with Gasteiger partial charge >= 0.3 is 5.97 Å². The second-order valence-electron chi connectivity index (χ2n) is 23.9. The molecule has 0 saturated carbocycles. The van der Waals surface area contributed by atoms with Crippen LogP contribution in [0, 0.1) is 0 Å². The number of unbranched alkanes of at least 4 members (excludes halogenated alkanes) is 48. The minimum absolute atomic E-state index is 0.0141. The Bertz CT molecular complexity index is 1310. The van der Waals surface area contributed by atoms with Crippen LogP contribution in [0.25, 0.3) is 0 Å². The third-order valence-electron chi connectivity index (χ3n) is 16.1. The van der Waals surface area contributed by atoms with Gasteiger partial charge in [0.2, 0.25) is 5.91 Å². The van der Waals surface area contributed by atoms with E-state index in [9.17, 15) is 19.8 Å². The molecule has 458 valence electrons. The number of hydrogen-bond donors (Lipinski definition) is 3. The number of aliphatic hydroxyl groups is 2. The van der Waals surface area contributed by atoms with Gasteiger partial charge in [-0.1, -0.05) is 319 Å². The van der Waals surface area contributed by atoms with E-state index in [2.05, 4.69) is 55.6 Å². The lowest BCUT2D eigenvalue weighted by molar-refractivity contribution is -0.143. The van der Waals surface area contributed by atoms with Crippen LogP contribution in [0.2, 0.25) is 0 Å². The topological polar surface area (TPSA) is 95.9 Å². The average Bonchev–Trinajstić information content (AvgIpc) is 3.44. The summed E-state index contributed by atoms with van der Waals surface area (Å²) in [5.41, 5.74) is 0. The van der Waals surface area contributed by atoms with Crippen LogP contribution in [0.15, 0.2) is 48.6 Å². The van der Waals surface area contributed by atoms with Gasteiger partial charge in [0.1, 0.15) is 0 Å². The zero-order chi connectivity index (χ0) is 56.4. The van der Waals surface area contributed by atoms with E-state index in [4.69, 9.17) is 4.74 Å². The maximum absolute atomic E-state index is 12.4. The predicted molar refractivity (Wildman–Crippen MR) is 342 cm³/mol. The first kappa shape index (κ1) is 75.8. The molecule has 2 unspecified atom stereocenters. The minimum atomic E-state index is -0.841. The summed E-state index contributed by atoms with van der Waals surface area (Å²) in [6.07, 6.45) is 87.7. The molecule has 0 aromatic heterocycles. The molecule has 1 amide bonds. The van der Waals surface area contributed by atoms with Crippen molar-refractivity contribution in [2.45, 2.75) is 386 Å². The molecule has 0 heterocycles. The normalized spacial score (nSPS) is 12.8. The lowest BCUT2D eigenvalue weighted by Crippen LogP contribution is -2.45. The van der Waals surface area contributed by atoms with Crippen LogP contribution in [0.4, 0.5) is 0 Å². The number of esters is 1. The van der Waals surface area contributed by atoms with Gasteiger partial charge in [-0.3, -0.25) is 9.59 Å². The van der Waals surface area contributed by atoms with Crippen LogP contribution in [-0.4, -0.2) is 47.4 Å². The van der Waals surface area contributed by atoms with E-state index in [0.29, 0.717) is 19.4 Å². The Morgan fingerprint density at radius 3 is 1.01 bits per heavy atom. The fourth-order valence-electron chi connectivity index (χ4n) is 10.7. The van der Waals surface area contributed by atoms with Gasteiger partial charge in [0.05, 0.1) is 25.4 Å². The summed E-state index contributed by atoms with van der Waals surface area (Å²) in [6.45, 7) is 4.88. The number of allylic oxidation sites excluding steroid dienone is 7. The molecular weight excluding hydrogens is 959 g/mol. The van der Waals surface area contributed by atoms with Gasteiger partial charge < -0.3 is 20.3 Å². The van der Waals surface area contributed by atoms with Crippen molar-refractivity contribution >= 4 is 11.9 Å². The van der Waals surface area contributed by atoms with E-state index in [0.717, 1.165) is 51.4 Å². The van der Waals surface area contributed by atoms with Gasteiger partial charge in [-0.15, -0.1) is 0 Å². The Hall–Kier alpha value is -2.18. The Kier molecular flexibility index (Phi) is 65.4. The fourth-order valence-corrected chi connectivity index (χ4v) is 10.7. The second kappa shape index (κ2) is 67.3. The summed E-state index contributed by atoms with van der Waals surface area (Å²) in [7, 11) is 0. The molecule has 0 radical (unpaired) electrons. The van der Waals surface area contributed by atoms with Crippen molar-refractivity contribution in [1.29, 1.82) is 0 Å². The van der Waals surface area contributed by atoms with E-state index in [1.54, 1.807) is 6.08 Å². The largest absolute Gasteiger partial charge is 0.466 e. The summed E-state index contributed by atoms with van der Waals surface area (Å²) in [4.78, 5) is 24.5. The van der Waals surface area contributed by atoms with Crippen LogP contribution in [0.3, 0.4) is 0 Å². The highest BCUT2D eigenvalue weighted by Crippen LogP contribution is 2.18. The number of aliphatic hydroxyl groups excluding tert-OH is 2. The third-order valence-corrected chi connectivity index (χ3v) is 16.1. The first-order chi connectivity index (χ1) is 38.5. The monoisotopic (exact) mass is 1090 g/mol. The van der Waals surface area contributed by atoms with Crippen molar-refractivity contribution in [1.82, 2.24) is 5.32 Å². The van der Waals surface area contributed by atoms with Gasteiger partial charge in [0.15, 0.2) is 0 Å². The Labute approximate surface area is 486 Å². The first-order valence-corrected chi connectivity index (χ1v) is 34.9. The van der Waals surface area contributed by atoms with Crippen LogP contribution < -0.4 is 5.32 Å². The average molecular weight is 1090 g/mol. The van der Waals surface area contributed by atoms with Crippen LogP contribution in [0.5, 0.6) is 0 Å². The second-order valence-corrected chi connectivity index (χ2v) is 23.9. The summed E-state index contributed by atoms with van der Waals surface area (Å²) >= 11 is 0. The fraction of sp³-hybridized carbons (Fsp3) is 0.861. The molecule has 2 atom stereocenters. The zero-order valence-corrected chi connectivity index (χ0v) is 52.4. The lowest BCUT2D eigenvalue weighted by Gasteiger charge is -2.20. The molecule has 78 heavy (non-hydrogen) atoms. The number of carbonyl (C=O) groups excluding carboxylic acids is 2. The molecule has 0 aromatic carbocycles. The molecular formula is C72H135NO5. The van der Waals surface area contributed by atoms with E-state index in [1.165, 1.54) is 295 Å². The van der Waals surface area contributed by atoms with E-state index in [-0.39, 0.29) is 18.5 Å². The van der Waals surface area contributed by atoms with Crippen LogP contribution in [-0.2, 0) is 14.3 Å². The first-order valence-electron chi connectivity index (χ1n) is 34.9. The van der Waals surface area contributed by atoms with E-state index in [1.807, 2.05) is 6.08 Å². The molecule has 3 N–H and O–H groups in total. The minimum Gasteiger partial charge on any atom is -0.466 e. The molecule has 0 bridgehead atoms. The molecule has 0 aliphatic heterocycles. The molecule has 0 saturated heterocycles. The van der Waals surface area contributed by atoms with Crippen molar-refractivity contribution in [2.24, 2.45) is 0 Å². The van der Waals surface area contributed by atoms with E-state index >= 15 is 0 Å². The molecule has 0 aliphatic rings. The number of carbonyl (C=O) groups is 2. The quantitative estimate of drug-likeness (QED) is 0.0320. The van der Waals surface area contributed by atoms with Crippen molar-refractivity contribution in [3.63, 3.8) is 0 Å². The maximum Gasteiger partial charge on any atom is 0.305 e. The summed E-state index contributed by atoms with van der Waals surface area (Å²) in [6, 6.07) is -0.624. The molecule has 0 fully saturated rings. The standard InChI is InChI=1S/C72H135NO5/c1-3-5-7-9-11-13-15-16-17-18-33-37-40-43-46-50-54-58-62-66-72(77)78-67-63-59-55-51-47-44-41-38-35-32-30-28-26-24-22-20-19-21-23-25-27-29-31-34-36-39-42-45-49-53-57-61-65-71(76)73-69(68-74)70(75)64-60-56-52-48-14-12-10-8-6-4-2/h11,13,16-17,22,24,60,64,69-70,74-75H,3-10,12,14-15,18-21,23,25-59,61-63,65-68H2,1-2H3,(H,73,76)/b13-11-,17-16-,24-22-,64-60+.